The molecule has 0 bridgehead atoms. The Morgan fingerprint density at radius 3 is 2.93 bits per heavy atom. The summed E-state index contributed by atoms with van der Waals surface area (Å²) in [4.78, 5) is 4.12. The second kappa shape index (κ2) is 4.14. The van der Waals surface area contributed by atoms with Crippen LogP contribution in [0.25, 0.3) is 0 Å². The lowest BCUT2D eigenvalue weighted by atomic mass is 10.1. The number of nitrogen functional groups attached to an aromatic ring is 1. The lowest BCUT2D eigenvalue weighted by molar-refractivity contribution is -0.0235. The maximum absolute atomic E-state index is 9.55. The fourth-order valence-electron chi connectivity index (χ4n) is 1.73. The number of aliphatic hydroxyl groups excluding tert-OH is 2. The number of rotatable bonds is 2. The number of hydrogen-bond donors (Lipinski definition) is 3. The van der Waals surface area contributed by atoms with Crippen LogP contribution in [0.2, 0.25) is 0 Å². The van der Waals surface area contributed by atoms with Crippen LogP contribution in [0.5, 0.6) is 0 Å². The quantitative estimate of drug-likeness (QED) is 0.631. The largest absolute Gasteiger partial charge is 0.394 e. The minimum atomic E-state index is -0.636. The highest BCUT2D eigenvalue weighted by Gasteiger charge is 2.34. The number of anilines is 1. The Labute approximate surface area is 87.5 Å². The molecule has 1 aliphatic rings. The van der Waals surface area contributed by atoms with Crippen LogP contribution in [0.3, 0.4) is 0 Å². The highest BCUT2D eigenvalue weighted by atomic mass is 16.5. The van der Waals surface area contributed by atoms with Crippen molar-refractivity contribution in [1.82, 2.24) is 4.98 Å². The molecule has 1 aromatic heterocycles. The van der Waals surface area contributed by atoms with E-state index in [-0.39, 0.29) is 12.7 Å². The first kappa shape index (κ1) is 10.4. The highest BCUT2D eigenvalue weighted by Crippen LogP contribution is 2.31. The summed E-state index contributed by atoms with van der Waals surface area (Å²) in [6.07, 6.45) is -0.982. The maximum atomic E-state index is 9.55. The third-order valence-electron chi connectivity index (χ3n) is 2.53. The van der Waals surface area contributed by atoms with Crippen molar-refractivity contribution in [2.75, 3.05) is 12.3 Å². The average Bonchev–Trinajstić information content (AvgIpc) is 2.60. The van der Waals surface area contributed by atoms with E-state index in [1.54, 1.807) is 18.2 Å². The van der Waals surface area contributed by atoms with Gasteiger partial charge < -0.3 is 20.7 Å². The first-order valence-corrected chi connectivity index (χ1v) is 4.87. The van der Waals surface area contributed by atoms with Crippen molar-refractivity contribution in [2.45, 2.75) is 24.7 Å². The van der Waals surface area contributed by atoms with Crippen molar-refractivity contribution < 1.29 is 14.9 Å². The average molecular weight is 210 g/mol. The topological polar surface area (TPSA) is 88.6 Å². The Morgan fingerprint density at radius 1 is 1.53 bits per heavy atom. The summed E-state index contributed by atoms with van der Waals surface area (Å²) in [6.45, 7) is -0.181. The highest BCUT2D eigenvalue weighted by molar-refractivity contribution is 5.29. The zero-order valence-electron chi connectivity index (χ0n) is 8.21. The van der Waals surface area contributed by atoms with Gasteiger partial charge in [-0.3, -0.25) is 0 Å². The van der Waals surface area contributed by atoms with E-state index >= 15 is 0 Å². The van der Waals surface area contributed by atoms with Gasteiger partial charge in [0.1, 0.15) is 18.0 Å². The summed E-state index contributed by atoms with van der Waals surface area (Å²) >= 11 is 0. The summed E-state index contributed by atoms with van der Waals surface area (Å²) in [5.41, 5.74) is 6.25. The van der Waals surface area contributed by atoms with E-state index in [4.69, 9.17) is 15.6 Å². The zero-order valence-corrected chi connectivity index (χ0v) is 8.21. The van der Waals surface area contributed by atoms with Gasteiger partial charge in [0, 0.05) is 6.42 Å². The predicted octanol–water partition coefficient (Wildman–Crippen LogP) is -0.153. The van der Waals surface area contributed by atoms with Gasteiger partial charge in [0.15, 0.2) is 0 Å². The lowest BCUT2D eigenvalue weighted by Crippen LogP contribution is -2.24. The summed E-state index contributed by atoms with van der Waals surface area (Å²) in [5.74, 6) is 0.429. The molecule has 0 radical (unpaired) electrons. The molecule has 1 aliphatic heterocycles. The first-order chi connectivity index (χ1) is 7.20. The molecule has 1 aromatic rings. The molecule has 0 spiro atoms. The lowest BCUT2D eigenvalue weighted by Gasteiger charge is -2.11. The number of nitrogens with zero attached hydrogens (tertiary/aromatic N) is 1. The number of aromatic nitrogens is 1. The van der Waals surface area contributed by atoms with Crippen molar-refractivity contribution in [1.29, 1.82) is 0 Å². The maximum Gasteiger partial charge on any atom is 0.123 e. The third kappa shape index (κ3) is 2.09. The number of pyridine rings is 1. The smallest absolute Gasteiger partial charge is 0.123 e. The summed E-state index contributed by atoms with van der Waals surface area (Å²) in [5, 5.41) is 18.5. The standard InChI is InChI=1S/C10H14N2O3/c11-10-3-1-2-6(12-10)8-4-7(14)9(5-13)15-8/h1-3,7-9,13-14H,4-5H2,(H2,11,12)/t7-,8+,9+/m0/s1. The van der Waals surface area contributed by atoms with Crippen LogP contribution >= 0.6 is 0 Å². The molecule has 0 unspecified atom stereocenters. The Hall–Kier alpha value is -1.17. The van der Waals surface area contributed by atoms with Crippen LogP contribution in [0.1, 0.15) is 18.2 Å². The van der Waals surface area contributed by atoms with Gasteiger partial charge in [-0.2, -0.15) is 0 Å². The van der Waals surface area contributed by atoms with Crippen LogP contribution in [-0.2, 0) is 4.74 Å². The minimum absolute atomic E-state index is 0.181. The molecular weight excluding hydrogens is 196 g/mol. The molecular formula is C10H14N2O3. The summed E-state index contributed by atoms with van der Waals surface area (Å²) in [7, 11) is 0. The Bertz CT molecular complexity index is 345. The van der Waals surface area contributed by atoms with Gasteiger partial charge in [0.2, 0.25) is 0 Å². The van der Waals surface area contributed by atoms with E-state index in [1.165, 1.54) is 0 Å². The first-order valence-electron chi connectivity index (χ1n) is 4.87. The summed E-state index contributed by atoms with van der Waals surface area (Å²) in [6, 6.07) is 5.28. The van der Waals surface area contributed by atoms with E-state index in [0.717, 1.165) is 0 Å². The fraction of sp³-hybridized carbons (Fsp3) is 0.500. The summed E-state index contributed by atoms with van der Waals surface area (Å²) < 4.78 is 5.45. The molecule has 2 rings (SSSR count). The van der Waals surface area contributed by atoms with Gasteiger partial charge in [-0.1, -0.05) is 6.07 Å². The predicted molar refractivity (Wildman–Crippen MR) is 54.0 cm³/mol. The van der Waals surface area contributed by atoms with Gasteiger partial charge in [-0.05, 0) is 12.1 Å². The van der Waals surface area contributed by atoms with Crippen molar-refractivity contribution in [3.63, 3.8) is 0 Å². The minimum Gasteiger partial charge on any atom is -0.394 e. The Morgan fingerprint density at radius 2 is 2.33 bits per heavy atom. The van der Waals surface area contributed by atoms with Crippen LogP contribution in [0.15, 0.2) is 18.2 Å². The molecule has 3 atom stereocenters. The van der Waals surface area contributed by atoms with Gasteiger partial charge in [-0.15, -0.1) is 0 Å². The van der Waals surface area contributed by atoms with Gasteiger partial charge in [0.05, 0.1) is 18.4 Å². The molecule has 0 saturated carbocycles. The van der Waals surface area contributed by atoms with Crippen molar-refractivity contribution in [3.05, 3.63) is 23.9 Å². The van der Waals surface area contributed by atoms with E-state index in [1.807, 2.05) is 0 Å². The van der Waals surface area contributed by atoms with Crippen molar-refractivity contribution >= 4 is 5.82 Å². The normalized spacial score (nSPS) is 30.7. The molecule has 5 heteroatoms. The monoisotopic (exact) mass is 210 g/mol. The number of aliphatic hydroxyl groups is 2. The van der Waals surface area contributed by atoms with Crippen molar-refractivity contribution in [3.8, 4) is 0 Å². The van der Waals surface area contributed by atoms with Gasteiger partial charge >= 0.3 is 0 Å². The molecule has 1 saturated heterocycles. The second-order valence-electron chi connectivity index (χ2n) is 3.64. The second-order valence-corrected chi connectivity index (χ2v) is 3.64. The van der Waals surface area contributed by atoms with Crippen LogP contribution in [0, 0.1) is 0 Å². The number of nitrogens with two attached hydrogens (primary N) is 1. The number of hydrogen-bond acceptors (Lipinski definition) is 5. The van der Waals surface area contributed by atoms with Crippen LogP contribution in [0.4, 0.5) is 5.82 Å². The third-order valence-corrected chi connectivity index (χ3v) is 2.53. The Kier molecular flexibility index (Phi) is 2.86. The molecule has 0 amide bonds. The van der Waals surface area contributed by atoms with E-state index in [2.05, 4.69) is 4.98 Å². The van der Waals surface area contributed by atoms with E-state index in [0.29, 0.717) is 17.9 Å². The molecule has 15 heavy (non-hydrogen) atoms. The molecule has 4 N–H and O–H groups in total. The SMILES string of the molecule is Nc1cccc([C@H]2C[C@H](O)[C@@H](CO)O2)n1. The molecule has 0 aromatic carbocycles. The number of ether oxygens (including phenoxy) is 1. The van der Waals surface area contributed by atoms with Crippen LogP contribution < -0.4 is 5.73 Å². The van der Waals surface area contributed by atoms with Crippen molar-refractivity contribution in [2.24, 2.45) is 0 Å². The fourth-order valence-corrected chi connectivity index (χ4v) is 1.73. The molecule has 0 aliphatic carbocycles. The van der Waals surface area contributed by atoms with Crippen LogP contribution in [-0.4, -0.2) is 34.0 Å². The molecule has 1 fully saturated rings. The van der Waals surface area contributed by atoms with E-state index < -0.39 is 12.2 Å². The zero-order chi connectivity index (χ0) is 10.8. The molecule has 82 valence electrons. The van der Waals surface area contributed by atoms with Gasteiger partial charge in [-0.25, -0.2) is 4.98 Å². The van der Waals surface area contributed by atoms with E-state index in [9.17, 15) is 5.11 Å². The molecule has 5 nitrogen and oxygen atoms in total. The van der Waals surface area contributed by atoms with Gasteiger partial charge in [0.25, 0.3) is 0 Å². The Balaban J connectivity index is 2.13. The molecule has 2 heterocycles.